The van der Waals surface area contributed by atoms with Gasteiger partial charge in [0.05, 0.1) is 12.8 Å². The molecule has 1 aliphatic heterocycles. The van der Waals surface area contributed by atoms with Crippen LogP contribution in [0.5, 0.6) is 5.75 Å². The van der Waals surface area contributed by atoms with Gasteiger partial charge in [0.25, 0.3) is 0 Å². The van der Waals surface area contributed by atoms with E-state index in [2.05, 4.69) is 23.0 Å². The molecule has 26 heavy (non-hydrogen) atoms. The summed E-state index contributed by atoms with van der Waals surface area (Å²) in [7, 11) is 1.94. The third kappa shape index (κ3) is 5.24. The first kappa shape index (κ1) is 19.2. The predicted molar refractivity (Wildman–Crippen MR) is 107 cm³/mol. The van der Waals surface area contributed by atoms with E-state index < -0.39 is 0 Å². The summed E-state index contributed by atoms with van der Waals surface area (Å²) in [4.78, 5) is 2.64. The molecule has 1 unspecified atom stereocenters. The van der Waals surface area contributed by atoms with Crippen LogP contribution in [0.2, 0.25) is 5.02 Å². The van der Waals surface area contributed by atoms with Gasteiger partial charge in [0, 0.05) is 30.7 Å². The molecular formula is C21H30ClN3O. The van der Waals surface area contributed by atoms with E-state index in [-0.39, 0.29) is 0 Å². The van der Waals surface area contributed by atoms with Crippen LogP contribution >= 0.6 is 11.6 Å². The molecule has 3 rings (SSSR count). The Morgan fingerprint density at radius 1 is 1.31 bits per heavy atom. The highest BCUT2D eigenvalue weighted by molar-refractivity contribution is 6.30. The highest BCUT2D eigenvalue weighted by Crippen LogP contribution is 2.27. The molecule has 2 aromatic rings. The number of aryl methyl sites for hydroxylation is 1. The zero-order chi connectivity index (χ0) is 18.4. The molecule has 1 atom stereocenters. The molecule has 1 aromatic carbocycles. The third-order valence-electron chi connectivity index (χ3n) is 5.15. The highest BCUT2D eigenvalue weighted by Gasteiger charge is 2.21. The molecule has 5 heteroatoms. The maximum Gasteiger partial charge on any atom is 0.124 e. The molecule has 1 aromatic heterocycles. The molecule has 0 aliphatic carbocycles. The van der Waals surface area contributed by atoms with Crippen LogP contribution in [-0.2, 0) is 13.5 Å². The largest absolute Gasteiger partial charge is 0.493 e. The molecule has 0 N–H and O–H groups in total. The summed E-state index contributed by atoms with van der Waals surface area (Å²) in [5.41, 5.74) is 2.34. The van der Waals surface area contributed by atoms with Gasteiger partial charge in [0.1, 0.15) is 5.75 Å². The highest BCUT2D eigenvalue weighted by atomic mass is 35.5. The van der Waals surface area contributed by atoms with Gasteiger partial charge >= 0.3 is 0 Å². The fourth-order valence-electron chi connectivity index (χ4n) is 3.87. The first-order valence-corrected chi connectivity index (χ1v) is 10.2. The average molecular weight is 376 g/mol. The quantitative estimate of drug-likeness (QED) is 0.670. The fourth-order valence-corrected chi connectivity index (χ4v) is 4.03. The topological polar surface area (TPSA) is 30.3 Å². The molecule has 2 heterocycles. The Morgan fingerprint density at radius 2 is 2.19 bits per heavy atom. The van der Waals surface area contributed by atoms with Crippen molar-refractivity contribution in [3.05, 3.63) is 46.7 Å². The third-order valence-corrected chi connectivity index (χ3v) is 5.39. The molecule has 4 nitrogen and oxygen atoms in total. The lowest BCUT2D eigenvalue weighted by atomic mass is 9.99. The summed E-state index contributed by atoms with van der Waals surface area (Å²) in [6.07, 6.45) is 11.0. The average Bonchev–Trinajstić information content (AvgIpc) is 3.04. The van der Waals surface area contributed by atoms with Crippen LogP contribution in [-0.4, -0.2) is 40.4 Å². The number of ether oxygens (including phenoxy) is 1. The SMILES string of the molecule is CCCN1CCCCC1CCOc1cc(Cl)ccc1Cc1cnn(C)c1. The molecular weight excluding hydrogens is 346 g/mol. The van der Waals surface area contributed by atoms with Crippen LogP contribution in [0.25, 0.3) is 0 Å². The van der Waals surface area contributed by atoms with Crippen molar-refractivity contribution in [2.45, 2.75) is 51.5 Å². The van der Waals surface area contributed by atoms with Gasteiger partial charge in [-0.3, -0.25) is 4.68 Å². The van der Waals surface area contributed by atoms with E-state index in [1.165, 1.54) is 44.3 Å². The second kappa shape index (κ2) is 9.43. The maximum absolute atomic E-state index is 6.21. The number of nitrogens with zero attached hydrogens (tertiary/aromatic N) is 3. The summed E-state index contributed by atoms with van der Waals surface area (Å²) >= 11 is 6.21. The maximum atomic E-state index is 6.21. The Bertz CT molecular complexity index is 698. The van der Waals surface area contributed by atoms with E-state index in [0.717, 1.165) is 35.8 Å². The molecule has 142 valence electrons. The molecule has 0 amide bonds. The number of halogens is 1. The van der Waals surface area contributed by atoms with E-state index in [1.54, 1.807) is 0 Å². The molecule has 0 saturated carbocycles. The Balaban J connectivity index is 1.60. The second-order valence-electron chi connectivity index (χ2n) is 7.27. The van der Waals surface area contributed by atoms with Gasteiger partial charge in [0.2, 0.25) is 0 Å². The van der Waals surface area contributed by atoms with Gasteiger partial charge in [-0.15, -0.1) is 0 Å². The Kier molecular flexibility index (Phi) is 6.98. The lowest BCUT2D eigenvalue weighted by Gasteiger charge is -2.35. The van der Waals surface area contributed by atoms with Gasteiger partial charge in [-0.05, 0) is 62.0 Å². The zero-order valence-corrected chi connectivity index (χ0v) is 16.7. The Morgan fingerprint density at radius 3 is 2.96 bits per heavy atom. The van der Waals surface area contributed by atoms with Gasteiger partial charge in [-0.1, -0.05) is 31.0 Å². The van der Waals surface area contributed by atoms with Crippen molar-refractivity contribution < 1.29 is 4.74 Å². The molecule has 0 bridgehead atoms. The minimum Gasteiger partial charge on any atom is -0.493 e. The van der Waals surface area contributed by atoms with Crippen molar-refractivity contribution in [3.8, 4) is 5.75 Å². The second-order valence-corrected chi connectivity index (χ2v) is 7.71. The summed E-state index contributed by atoms with van der Waals surface area (Å²) < 4.78 is 8.02. The van der Waals surface area contributed by atoms with Crippen LogP contribution in [0.4, 0.5) is 0 Å². The molecule has 1 saturated heterocycles. The van der Waals surface area contributed by atoms with E-state index >= 15 is 0 Å². The zero-order valence-electron chi connectivity index (χ0n) is 16.0. The number of likely N-dealkylation sites (tertiary alicyclic amines) is 1. The summed E-state index contributed by atoms with van der Waals surface area (Å²) in [5.74, 6) is 0.902. The lowest BCUT2D eigenvalue weighted by Crippen LogP contribution is -2.40. The molecule has 1 fully saturated rings. The number of hydrogen-bond donors (Lipinski definition) is 0. The monoisotopic (exact) mass is 375 g/mol. The van der Waals surface area contributed by atoms with Gasteiger partial charge < -0.3 is 9.64 Å². The Hall–Kier alpha value is -1.52. The van der Waals surface area contributed by atoms with Gasteiger partial charge in [0.15, 0.2) is 0 Å². The van der Waals surface area contributed by atoms with Crippen molar-refractivity contribution in [2.24, 2.45) is 7.05 Å². The van der Waals surface area contributed by atoms with Crippen molar-refractivity contribution >= 4 is 11.6 Å². The molecule has 0 radical (unpaired) electrons. The minimum absolute atomic E-state index is 0.657. The van der Waals surface area contributed by atoms with Crippen LogP contribution in [0.1, 0.15) is 50.2 Å². The van der Waals surface area contributed by atoms with Gasteiger partial charge in [-0.25, -0.2) is 0 Å². The smallest absolute Gasteiger partial charge is 0.124 e. The summed E-state index contributed by atoms with van der Waals surface area (Å²) in [6.45, 7) is 5.44. The van der Waals surface area contributed by atoms with Crippen molar-refractivity contribution in [2.75, 3.05) is 19.7 Å². The van der Waals surface area contributed by atoms with E-state index in [1.807, 2.05) is 36.3 Å². The lowest BCUT2D eigenvalue weighted by molar-refractivity contribution is 0.123. The first-order valence-electron chi connectivity index (χ1n) is 9.78. The number of hydrogen-bond acceptors (Lipinski definition) is 3. The first-order chi connectivity index (χ1) is 12.7. The van der Waals surface area contributed by atoms with Crippen LogP contribution in [0.15, 0.2) is 30.6 Å². The van der Waals surface area contributed by atoms with Crippen LogP contribution in [0.3, 0.4) is 0 Å². The molecule has 1 aliphatic rings. The number of rotatable bonds is 8. The van der Waals surface area contributed by atoms with E-state index in [9.17, 15) is 0 Å². The number of benzene rings is 1. The normalized spacial score (nSPS) is 18.2. The Labute approximate surface area is 162 Å². The van der Waals surface area contributed by atoms with Crippen molar-refractivity contribution in [3.63, 3.8) is 0 Å². The minimum atomic E-state index is 0.657. The molecule has 0 spiro atoms. The van der Waals surface area contributed by atoms with Crippen molar-refractivity contribution in [1.82, 2.24) is 14.7 Å². The number of aromatic nitrogens is 2. The standard InChI is InChI=1S/C21H30ClN3O/c1-3-10-25-11-5-4-6-20(25)9-12-26-21-14-19(22)8-7-18(21)13-17-15-23-24(2)16-17/h7-8,14-16,20H,3-6,9-13H2,1-2H3. The van der Waals surface area contributed by atoms with E-state index in [4.69, 9.17) is 16.3 Å². The summed E-state index contributed by atoms with van der Waals surface area (Å²) in [5, 5.41) is 4.98. The summed E-state index contributed by atoms with van der Waals surface area (Å²) in [6, 6.07) is 6.60. The van der Waals surface area contributed by atoms with Gasteiger partial charge in [-0.2, -0.15) is 5.10 Å². The van der Waals surface area contributed by atoms with Crippen LogP contribution in [0, 0.1) is 0 Å². The fraction of sp³-hybridized carbons (Fsp3) is 0.571. The number of piperidine rings is 1. The van der Waals surface area contributed by atoms with E-state index in [0.29, 0.717) is 6.04 Å². The van der Waals surface area contributed by atoms with Crippen LogP contribution < -0.4 is 4.74 Å². The van der Waals surface area contributed by atoms with Crippen molar-refractivity contribution in [1.29, 1.82) is 0 Å². The predicted octanol–water partition coefficient (Wildman–Crippen LogP) is 4.70.